The van der Waals surface area contributed by atoms with E-state index in [0.29, 0.717) is 0 Å². The van der Waals surface area contributed by atoms with Gasteiger partial charge in [0.1, 0.15) is 10.6 Å². The van der Waals surface area contributed by atoms with Gasteiger partial charge in [-0.15, -0.1) is 0 Å². The Balaban J connectivity index is 2.46. The molecule has 0 amide bonds. The van der Waals surface area contributed by atoms with Gasteiger partial charge in [-0.1, -0.05) is 17.7 Å². The number of hydrogen-bond acceptors (Lipinski definition) is 4. The molecule has 20 heavy (non-hydrogen) atoms. The zero-order chi connectivity index (χ0) is 14.8. The highest BCUT2D eigenvalue weighted by Crippen LogP contribution is 2.28. The number of pyridine rings is 1. The first-order valence-corrected chi connectivity index (χ1v) is 7.58. The van der Waals surface area contributed by atoms with E-state index in [0.717, 1.165) is 5.56 Å². The maximum Gasteiger partial charge on any atom is 0.265 e. The maximum absolute atomic E-state index is 12.4. The van der Waals surface area contributed by atoms with Gasteiger partial charge in [-0.25, -0.2) is 13.4 Å². The minimum absolute atomic E-state index is 0.0555. The van der Waals surface area contributed by atoms with Crippen LogP contribution in [0.2, 0.25) is 5.15 Å². The Morgan fingerprint density at radius 1 is 1.30 bits per heavy atom. The summed E-state index contributed by atoms with van der Waals surface area (Å²) in [5.41, 5.74) is 1.03. The molecule has 0 aliphatic rings. The third-order valence-electron chi connectivity index (χ3n) is 2.61. The molecule has 0 saturated heterocycles. The average Bonchev–Trinajstić information content (AvgIpc) is 2.41. The molecule has 0 saturated carbocycles. The van der Waals surface area contributed by atoms with Gasteiger partial charge in [0.05, 0.1) is 12.8 Å². The minimum atomic E-state index is -3.80. The number of nitrogens with zero attached hydrogens (tertiary/aromatic N) is 1. The van der Waals surface area contributed by atoms with Crippen LogP contribution >= 0.6 is 11.6 Å². The number of anilines is 1. The normalized spacial score (nSPS) is 11.2. The van der Waals surface area contributed by atoms with Crippen LogP contribution in [0.3, 0.4) is 0 Å². The number of methoxy groups -OCH3 is 1. The summed E-state index contributed by atoms with van der Waals surface area (Å²) in [5, 5.41) is 0.0858. The fraction of sp³-hybridized carbons (Fsp3) is 0.154. The Kier molecular flexibility index (Phi) is 4.15. The van der Waals surface area contributed by atoms with Crippen LogP contribution in [-0.2, 0) is 10.0 Å². The standard InChI is InChI=1S/C13H13ClN2O3S/c1-9-5-6-11(19-2)12(8-9)20(17,18)16-10-4-3-7-15-13(10)14/h3-8,16H,1-2H3. The molecule has 0 fully saturated rings. The number of benzene rings is 1. The molecule has 1 aromatic carbocycles. The lowest BCUT2D eigenvalue weighted by Crippen LogP contribution is -2.14. The van der Waals surface area contributed by atoms with E-state index >= 15 is 0 Å². The van der Waals surface area contributed by atoms with Gasteiger partial charge < -0.3 is 4.74 Å². The van der Waals surface area contributed by atoms with Crippen molar-refractivity contribution in [2.75, 3.05) is 11.8 Å². The van der Waals surface area contributed by atoms with Gasteiger partial charge in [-0.2, -0.15) is 0 Å². The molecular weight excluding hydrogens is 300 g/mol. The molecule has 2 rings (SSSR count). The number of hydrogen-bond donors (Lipinski definition) is 1. The number of halogens is 1. The Morgan fingerprint density at radius 2 is 2.05 bits per heavy atom. The average molecular weight is 313 g/mol. The topological polar surface area (TPSA) is 68.3 Å². The van der Waals surface area contributed by atoms with Crippen LogP contribution in [0.25, 0.3) is 0 Å². The molecule has 0 bridgehead atoms. The molecule has 0 aliphatic heterocycles. The SMILES string of the molecule is COc1ccc(C)cc1S(=O)(=O)Nc1cccnc1Cl. The number of ether oxygens (including phenoxy) is 1. The summed E-state index contributed by atoms with van der Waals surface area (Å²) in [5.74, 6) is 0.267. The second kappa shape index (κ2) is 5.68. The van der Waals surface area contributed by atoms with Crippen molar-refractivity contribution >= 4 is 27.3 Å². The summed E-state index contributed by atoms with van der Waals surface area (Å²) in [7, 11) is -2.38. The van der Waals surface area contributed by atoms with Crippen molar-refractivity contribution in [1.29, 1.82) is 0 Å². The molecule has 0 radical (unpaired) electrons. The lowest BCUT2D eigenvalue weighted by Gasteiger charge is -2.12. The largest absolute Gasteiger partial charge is 0.495 e. The highest BCUT2D eigenvalue weighted by molar-refractivity contribution is 7.92. The van der Waals surface area contributed by atoms with Crippen molar-refractivity contribution in [3.05, 3.63) is 47.2 Å². The fourth-order valence-corrected chi connectivity index (χ4v) is 3.20. The van der Waals surface area contributed by atoms with Gasteiger partial charge in [0.2, 0.25) is 0 Å². The van der Waals surface area contributed by atoms with Gasteiger partial charge in [0.15, 0.2) is 5.15 Å². The predicted molar refractivity (Wildman–Crippen MR) is 77.8 cm³/mol. The molecule has 2 aromatic rings. The minimum Gasteiger partial charge on any atom is -0.495 e. The Bertz CT molecular complexity index is 732. The molecular formula is C13H13ClN2O3S. The van der Waals surface area contributed by atoms with Gasteiger partial charge in [-0.05, 0) is 36.8 Å². The van der Waals surface area contributed by atoms with Crippen molar-refractivity contribution < 1.29 is 13.2 Å². The second-order valence-corrected chi connectivity index (χ2v) is 6.11. The summed E-state index contributed by atoms with van der Waals surface area (Å²) < 4.78 is 32.3. The maximum atomic E-state index is 12.4. The van der Waals surface area contributed by atoms with E-state index in [1.807, 2.05) is 0 Å². The monoisotopic (exact) mass is 312 g/mol. The van der Waals surface area contributed by atoms with E-state index in [2.05, 4.69) is 9.71 Å². The Hall–Kier alpha value is -1.79. The highest BCUT2D eigenvalue weighted by Gasteiger charge is 2.20. The van der Waals surface area contributed by atoms with Gasteiger partial charge >= 0.3 is 0 Å². The Morgan fingerprint density at radius 3 is 2.70 bits per heavy atom. The summed E-state index contributed by atoms with van der Waals surface area (Å²) in [4.78, 5) is 3.88. The van der Waals surface area contributed by atoms with Crippen molar-refractivity contribution in [2.24, 2.45) is 0 Å². The third kappa shape index (κ3) is 3.02. The smallest absolute Gasteiger partial charge is 0.265 e. The van der Waals surface area contributed by atoms with Crippen LogP contribution in [0, 0.1) is 6.92 Å². The van der Waals surface area contributed by atoms with E-state index in [1.54, 1.807) is 25.1 Å². The molecule has 106 valence electrons. The van der Waals surface area contributed by atoms with Crippen LogP contribution in [0.5, 0.6) is 5.75 Å². The van der Waals surface area contributed by atoms with E-state index < -0.39 is 10.0 Å². The molecule has 7 heteroatoms. The van der Waals surface area contributed by atoms with E-state index in [1.165, 1.54) is 25.4 Å². The van der Waals surface area contributed by atoms with Crippen LogP contribution in [0.1, 0.15) is 5.56 Å². The first kappa shape index (κ1) is 14.6. The Labute approximate surface area is 122 Å². The molecule has 5 nitrogen and oxygen atoms in total. The molecule has 0 atom stereocenters. The molecule has 1 heterocycles. The first-order valence-electron chi connectivity index (χ1n) is 5.72. The van der Waals surface area contributed by atoms with E-state index in [4.69, 9.17) is 16.3 Å². The van der Waals surface area contributed by atoms with E-state index in [-0.39, 0.29) is 21.5 Å². The first-order chi connectivity index (χ1) is 9.44. The van der Waals surface area contributed by atoms with Crippen molar-refractivity contribution in [2.45, 2.75) is 11.8 Å². The summed E-state index contributed by atoms with van der Waals surface area (Å²) >= 11 is 5.85. The molecule has 1 aromatic heterocycles. The van der Waals surface area contributed by atoms with Crippen molar-refractivity contribution in [3.63, 3.8) is 0 Å². The molecule has 0 unspecified atom stereocenters. The fourth-order valence-electron chi connectivity index (χ4n) is 1.66. The van der Waals surface area contributed by atoms with E-state index in [9.17, 15) is 8.42 Å². The summed E-state index contributed by atoms with van der Waals surface area (Å²) in [6.45, 7) is 1.80. The van der Waals surface area contributed by atoms with Gasteiger partial charge in [0.25, 0.3) is 10.0 Å². The van der Waals surface area contributed by atoms with Crippen LogP contribution in [0.15, 0.2) is 41.4 Å². The number of nitrogens with one attached hydrogen (secondary N) is 1. The number of aryl methyl sites for hydroxylation is 1. The number of sulfonamides is 1. The highest BCUT2D eigenvalue weighted by atomic mass is 35.5. The predicted octanol–water partition coefficient (Wildman–Crippen LogP) is 2.85. The summed E-state index contributed by atoms with van der Waals surface area (Å²) in [6, 6.07) is 8.04. The number of aromatic nitrogens is 1. The van der Waals surface area contributed by atoms with Crippen LogP contribution in [-0.4, -0.2) is 20.5 Å². The second-order valence-electron chi connectivity index (χ2n) is 4.10. The molecule has 0 spiro atoms. The summed E-state index contributed by atoms with van der Waals surface area (Å²) in [6.07, 6.45) is 1.48. The lowest BCUT2D eigenvalue weighted by molar-refractivity contribution is 0.402. The zero-order valence-electron chi connectivity index (χ0n) is 10.9. The van der Waals surface area contributed by atoms with Crippen LogP contribution in [0.4, 0.5) is 5.69 Å². The number of rotatable bonds is 4. The van der Waals surface area contributed by atoms with Crippen molar-refractivity contribution in [3.8, 4) is 5.75 Å². The lowest BCUT2D eigenvalue weighted by atomic mass is 10.2. The molecule has 1 N–H and O–H groups in total. The molecule has 0 aliphatic carbocycles. The van der Waals surface area contributed by atoms with Gasteiger partial charge in [0, 0.05) is 6.20 Å². The third-order valence-corrected chi connectivity index (χ3v) is 4.30. The quantitative estimate of drug-likeness (QED) is 0.881. The van der Waals surface area contributed by atoms with Gasteiger partial charge in [-0.3, -0.25) is 4.72 Å². The zero-order valence-corrected chi connectivity index (χ0v) is 12.5. The van der Waals surface area contributed by atoms with Crippen molar-refractivity contribution in [1.82, 2.24) is 4.98 Å². The van der Waals surface area contributed by atoms with Crippen LogP contribution < -0.4 is 9.46 Å².